The molecule has 1 aliphatic carbocycles. The van der Waals surface area contributed by atoms with Gasteiger partial charge in [-0.1, -0.05) is 61.9 Å². The first-order chi connectivity index (χ1) is 11.4. The Balaban J connectivity index is 1.93. The third-order valence-electron chi connectivity index (χ3n) is 4.66. The van der Waals surface area contributed by atoms with Crippen LogP contribution in [-0.2, 0) is 0 Å². The van der Waals surface area contributed by atoms with Gasteiger partial charge in [0.1, 0.15) is 0 Å². The molecule has 2 aromatic rings. The SMILES string of the molecule is Cc1ccc(SC(c2ccccc2)C2C=C(O)CC(C)(C)C2)cc1. The molecular weight excluding hydrogens is 312 g/mol. The zero-order valence-electron chi connectivity index (χ0n) is 14.7. The smallest absolute Gasteiger partial charge is 0.0891 e. The highest BCUT2D eigenvalue weighted by molar-refractivity contribution is 7.99. The van der Waals surface area contributed by atoms with Crippen molar-refractivity contribution in [2.75, 3.05) is 0 Å². The summed E-state index contributed by atoms with van der Waals surface area (Å²) in [5.74, 6) is 0.879. The molecular formula is C22H26OS. The summed E-state index contributed by atoms with van der Waals surface area (Å²) in [7, 11) is 0. The number of aliphatic hydroxyl groups is 1. The monoisotopic (exact) mass is 338 g/mol. The fourth-order valence-electron chi connectivity index (χ4n) is 3.57. The van der Waals surface area contributed by atoms with Crippen molar-refractivity contribution < 1.29 is 5.11 Å². The number of thioether (sulfide) groups is 1. The van der Waals surface area contributed by atoms with Crippen LogP contribution >= 0.6 is 11.8 Å². The Bertz CT molecular complexity index is 701. The Morgan fingerprint density at radius 3 is 2.33 bits per heavy atom. The summed E-state index contributed by atoms with van der Waals surface area (Å²) in [5, 5.41) is 10.6. The Morgan fingerprint density at radius 2 is 1.71 bits per heavy atom. The van der Waals surface area contributed by atoms with Crippen LogP contribution in [0.2, 0.25) is 0 Å². The summed E-state index contributed by atoms with van der Waals surface area (Å²) < 4.78 is 0. The van der Waals surface area contributed by atoms with Crippen LogP contribution in [0, 0.1) is 18.3 Å². The van der Waals surface area contributed by atoms with Crippen LogP contribution in [0.4, 0.5) is 0 Å². The van der Waals surface area contributed by atoms with Gasteiger partial charge in [-0.15, -0.1) is 11.8 Å². The van der Waals surface area contributed by atoms with E-state index in [4.69, 9.17) is 0 Å². The molecule has 0 heterocycles. The van der Waals surface area contributed by atoms with Crippen molar-refractivity contribution >= 4 is 11.8 Å². The molecule has 2 aromatic carbocycles. The molecule has 2 atom stereocenters. The average molecular weight is 339 g/mol. The second kappa shape index (κ2) is 7.06. The quantitative estimate of drug-likeness (QED) is 0.625. The third-order valence-corrected chi connectivity index (χ3v) is 6.08. The van der Waals surface area contributed by atoms with Crippen LogP contribution in [0.25, 0.3) is 0 Å². The van der Waals surface area contributed by atoms with Gasteiger partial charge in [0.15, 0.2) is 0 Å². The maximum absolute atomic E-state index is 10.3. The van der Waals surface area contributed by atoms with Gasteiger partial charge < -0.3 is 5.11 Å². The molecule has 1 N–H and O–H groups in total. The van der Waals surface area contributed by atoms with Crippen LogP contribution < -0.4 is 0 Å². The maximum Gasteiger partial charge on any atom is 0.0891 e. The van der Waals surface area contributed by atoms with E-state index < -0.39 is 0 Å². The summed E-state index contributed by atoms with van der Waals surface area (Å²) in [6.45, 7) is 6.62. The zero-order chi connectivity index (χ0) is 17.2. The molecule has 0 aromatic heterocycles. The maximum atomic E-state index is 10.3. The van der Waals surface area contributed by atoms with Gasteiger partial charge in [-0.2, -0.15) is 0 Å². The predicted molar refractivity (Wildman–Crippen MR) is 103 cm³/mol. The largest absolute Gasteiger partial charge is 0.513 e. The van der Waals surface area contributed by atoms with E-state index >= 15 is 0 Å². The first kappa shape index (κ1) is 17.2. The fourth-order valence-corrected chi connectivity index (χ4v) is 4.80. The molecule has 0 saturated carbocycles. The predicted octanol–water partition coefficient (Wildman–Crippen LogP) is 6.71. The molecule has 0 bridgehead atoms. The van der Waals surface area contributed by atoms with Crippen molar-refractivity contribution in [2.45, 2.75) is 43.8 Å². The van der Waals surface area contributed by atoms with Crippen molar-refractivity contribution in [3.8, 4) is 0 Å². The van der Waals surface area contributed by atoms with Crippen LogP contribution in [-0.4, -0.2) is 5.11 Å². The topological polar surface area (TPSA) is 20.2 Å². The molecule has 0 spiro atoms. The van der Waals surface area contributed by atoms with Gasteiger partial charge in [0.05, 0.1) is 5.76 Å². The van der Waals surface area contributed by atoms with Gasteiger partial charge in [0, 0.05) is 16.6 Å². The van der Waals surface area contributed by atoms with Crippen LogP contribution in [0.5, 0.6) is 0 Å². The van der Waals surface area contributed by atoms with Crippen LogP contribution in [0.1, 0.15) is 43.1 Å². The molecule has 2 heteroatoms. The number of rotatable bonds is 4. The van der Waals surface area contributed by atoms with Crippen molar-refractivity contribution in [1.29, 1.82) is 0 Å². The van der Waals surface area contributed by atoms with Crippen molar-refractivity contribution in [3.05, 3.63) is 77.6 Å². The van der Waals surface area contributed by atoms with Crippen LogP contribution in [0.3, 0.4) is 0 Å². The van der Waals surface area contributed by atoms with E-state index in [9.17, 15) is 5.11 Å². The van der Waals surface area contributed by atoms with Gasteiger partial charge in [0.25, 0.3) is 0 Å². The lowest BCUT2D eigenvalue weighted by atomic mass is 9.73. The molecule has 1 aliphatic rings. The molecule has 2 unspecified atom stereocenters. The van der Waals surface area contributed by atoms with Gasteiger partial charge in [-0.05, 0) is 48.4 Å². The zero-order valence-corrected chi connectivity index (χ0v) is 15.5. The molecule has 24 heavy (non-hydrogen) atoms. The molecule has 0 radical (unpaired) electrons. The first-order valence-electron chi connectivity index (χ1n) is 8.61. The summed E-state index contributed by atoms with van der Waals surface area (Å²) in [6.07, 6.45) is 3.96. The van der Waals surface area contributed by atoms with E-state index in [0.29, 0.717) is 16.9 Å². The number of hydrogen-bond donors (Lipinski definition) is 1. The summed E-state index contributed by atoms with van der Waals surface area (Å²) >= 11 is 1.90. The Kier molecular flexibility index (Phi) is 5.05. The van der Waals surface area contributed by atoms with Gasteiger partial charge >= 0.3 is 0 Å². The number of aryl methyl sites for hydroxylation is 1. The summed E-state index contributed by atoms with van der Waals surface area (Å²) in [5.41, 5.74) is 2.76. The highest BCUT2D eigenvalue weighted by Crippen LogP contribution is 2.49. The summed E-state index contributed by atoms with van der Waals surface area (Å²) in [6, 6.07) is 19.4. The fraction of sp³-hybridized carbons (Fsp3) is 0.364. The minimum atomic E-state index is 0.143. The second-order valence-corrected chi connectivity index (χ2v) is 8.84. The van der Waals surface area contributed by atoms with E-state index in [-0.39, 0.29) is 5.41 Å². The Morgan fingerprint density at radius 1 is 1.04 bits per heavy atom. The molecule has 1 nitrogen and oxygen atoms in total. The normalized spacial score (nSPS) is 21.1. The lowest BCUT2D eigenvalue weighted by Crippen LogP contribution is -2.25. The third kappa shape index (κ3) is 4.24. The van der Waals surface area contributed by atoms with Gasteiger partial charge in [-0.25, -0.2) is 0 Å². The van der Waals surface area contributed by atoms with Crippen molar-refractivity contribution in [3.63, 3.8) is 0 Å². The molecule has 0 saturated heterocycles. The minimum absolute atomic E-state index is 0.143. The lowest BCUT2D eigenvalue weighted by Gasteiger charge is -2.36. The molecule has 0 amide bonds. The lowest BCUT2D eigenvalue weighted by molar-refractivity contribution is 0.213. The molecule has 3 rings (SSSR count). The van der Waals surface area contributed by atoms with E-state index in [0.717, 1.165) is 12.8 Å². The van der Waals surface area contributed by atoms with Crippen molar-refractivity contribution in [1.82, 2.24) is 0 Å². The highest BCUT2D eigenvalue weighted by Gasteiger charge is 2.34. The minimum Gasteiger partial charge on any atom is -0.513 e. The molecule has 0 aliphatic heterocycles. The van der Waals surface area contributed by atoms with Crippen LogP contribution in [0.15, 0.2) is 71.3 Å². The van der Waals surface area contributed by atoms with E-state index in [1.54, 1.807) is 0 Å². The standard InChI is InChI=1S/C22H26OS/c1-16-9-11-20(12-10-16)24-21(17-7-5-4-6-8-17)18-13-19(23)15-22(2,3)14-18/h4-13,18,21,23H,14-15H2,1-3H3. The Hall–Kier alpha value is -1.67. The number of allylic oxidation sites excluding steroid dienone is 2. The highest BCUT2D eigenvalue weighted by atomic mass is 32.2. The van der Waals surface area contributed by atoms with E-state index in [2.05, 4.69) is 81.4 Å². The first-order valence-corrected chi connectivity index (χ1v) is 9.49. The number of hydrogen-bond acceptors (Lipinski definition) is 2. The Labute approximate surface area is 149 Å². The summed E-state index contributed by atoms with van der Waals surface area (Å²) in [4.78, 5) is 1.28. The van der Waals surface area contributed by atoms with Crippen molar-refractivity contribution in [2.24, 2.45) is 11.3 Å². The number of aliphatic hydroxyl groups excluding tert-OH is 1. The van der Waals surface area contributed by atoms with Gasteiger partial charge in [-0.3, -0.25) is 0 Å². The van der Waals surface area contributed by atoms with Gasteiger partial charge in [0.2, 0.25) is 0 Å². The molecule has 126 valence electrons. The molecule has 0 fully saturated rings. The average Bonchev–Trinajstić information content (AvgIpc) is 2.53. The van der Waals surface area contributed by atoms with E-state index in [1.165, 1.54) is 16.0 Å². The second-order valence-electron chi connectivity index (χ2n) is 7.63. The van der Waals surface area contributed by atoms with E-state index in [1.807, 2.05) is 11.8 Å². The number of benzene rings is 2.